The molecule has 0 bridgehead atoms. The monoisotopic (exact) mass is 308 g/mol. The lowest BCUT2D eigenvalue weighted by Gasteiger charge is -2.22. The number of rotatable bonds is 4. The van der Waals surface area contributed by atoms with Gasteiger partial charge in [-0.1, -0.05) is 29.8 Å². The maximum absolute atomic E-state index is 14.2. The fraction of sp³-hybridized carbons (Fsp3) is 0.250. The van der Waals surface area contributed by atoms with Crippen molar-refractivity contribution in [1.82, 2.24) is 5.43 Å². The minimum absolute atomic E-state index is 0.346. The average molecular weight is 309 g/mol. The van der Waals surface area contributed by atoms with Gasteiger partial charge in [-0.05, 0) is 37.1 Å². The molecule has 0 amide bonds. The first-order valence-corrected chi connectivity index (χ1v) is 6.92. The van der Waals surface area contributed by atoms with Crippen molar-refractivity contribution in [2.45, 2.75) is 19.9 Å². The predicted molar refractivity (Wildman–Crippen MR) is 83.0 cm³/mol. The second-order valence-electron chi connectivity index (χ2n) is 4.90. The molecule has 0 fully saturated rings. The highest BCUT2D eigenvalue weighted by Gasteiger charge is 2.22. The summed E-state index contributed by atoms with van der Waals surface area (Å²) in [5.74, 6) is 5.94. The number of aryl methyl sites for hydroxylation is 1. The fourth-order valence-electron chi connectivity index (χ4n) is 2.39. The third-order valence-corrected chi connectivity index (χ3v) is 3.90. The van der Waals surface area contributed by atoms with E-state index in [0.717, 1.165) is 16.7 Å². The normalized spacial score (nSPS) is 12.3. The molecule has 0 aliphatic heterocycles. The van der Waals surface area contributed by atoms with Crippen molar-refractivity contribution < 1.29 is 9.13 Å². The number of hydrazine groups is 1. The topological polar surface area (TPSA) is 47.3 Å². The van der Waals surface area contributed by atoms with Crippen molar-refractivity contribution in [3.8, 4) is 5.75 Å². The van der Waals surface area contributed by atoms with Gasteiger partial charge in [0.05, 0.1) is 13.2 Å². The first kappa shape index (κ1) is 15.8. The van der Waals surface area contributed by atoms with Crippen LogP contribution in [0.5, 0.6) is 5.75 Å². The van der Waals surface area contributed by atoms with E-state index in [1.165, 1.54) is 6.07 Å². The molecule has 1 unspecified atom stereocenters. The Labute approximate surface area is 128 Å². The van der Waals surface area contributed by atoms with Gasteiger partial charge in [-0.15, -0.1) is 0 Å². The van der Waals surface area contributed by atoms with Gasteiger partial charge in [-0.2, -0.15) is 0 Å². The second-order valence-corrected chi connectivity index (χ2v) is 5.33. The molecule has 3 nitrogen and oxygen atoms in total. The summed E-state index contributed by atoms with van der Waals surface area (Å²) in [6.07, 6.45) is 0. The minimum atomic E-state index is -0.517. The van der Waals surface area contributed by atoms with Gasteiger partial charge in [0.2, 0.25) is 0 Å². The molecule has 2 aromatic rings. The van der Waals surface area contributed by atoms with Crippen molar-refractivity contribution in [3.05, 3.63) is 63.4 Å². The molecule has 0 heterocycles. The largest absolute Gasteiger partial charge is 0.496 e. The fourth-order valence-corrected chi connectivity index (χ4v) is 2.55. The minimum Gasteiger partial charge on any atom is -0.496 e. The average Bonchev–Trinajstić information content (AvgIpc) is 2.45. The predicted octanol–water partition coefficient (Wildman–Crippen LogP) is 3.66. The van der Waals surface area contributed by atoms with Gasteiger partial charge in [-0.3, -0.25) is 5.84 Å². The highest BCUT2D eigenvalue weighted by atomic mass is 35.5. The molecule has 0 aliphatic rings. The summed E-state index contributed by atoms with van der Waals surface area (Å²) in [7, 11) is 1.59. The SMILES string of the molecule is COc1c(C(NN)c2ccc(Cl)cc2F)ccc(C)c1C. The summed E-state index contributed by atoms with van der Waals surface area (Å²) in [4.78, 5) is 0. The van der Waals surface area contributed by atoms with Crippen molar-refractivity contribution in [2.24, 2.45) is 5.84 Å². The van der Waals surface area contributed by atoms with Crippen LogP contribution in [0.15, 0.2) is 30.3 Å². The molecule has 0 aromatic heterocycles. The molecule has 3 N–H and O–H groups in total. The van der Waals surface area contributed by atoms with Crippen LogP contribution < -0.4 is 16.0 Å². The van der Waals surface area contributed by atoms with E-state index >= 15 is 0 Å². The zero-order chi connectivity index (χ0) is 15.6. The Bertz CT molecular complexity index is 661. The number of nitrogens with one attached hydrogen (secondary N) is 1. The molecule has 5 heteroatoms. The highest BCUT2D eigenvalue weighted by molar-refractivity contribution is 6.30. The summed E-state index contributed by atoms with van der Waals surface area (Å²) < 4.78 is 19.6. The Morgan fingerprint density at radius 1 is 1.19 bits per heavy atom. The van der Waals surface area contributed by atoms with Crippen LogP contribution in [0, 0.1) is 19.7 Å². The zero-order valence-electron chi connectivity index (χ0n) is 12.2. The van der Waals surface area contributed by atoms with Crippen molar-refractivity contribution in [1.29, 1.82) is 0 Å². The van der Waals surface area contributed by atoms with E-state index < -0.39 is 11.9 Å². The van der Waals surface area contributed by atoms with Crippen LogP contribution in [0.25, 0.3) is 0 Å². The van der Waals surface area contributed by atoms with Crippen LogP contribution in [-0.4, -0.2) is 7.11 Å². The molecule has 0 spiro atoms. The molecule has 0 radical (unpaired) electrons. The van der Waals surface area contributed by atoms with Gasteiger partial charge in [-0.25, -0.2) is 9.82 Å². The number of hydrogen-bond donors (Lipinski definition) is 2. The van der Waals surface area contributed by atoms with Gasteiger partial charge in [0.25, 0.3) is 0 Å². The Balaban J connectivity index is 2.59. The number of benzene rings is 2. The van der Waals surface area contributed by atoms with Gasteiger partial charge < -0.3 is 4.74 Å². The van der Waals surface area contributed by atoms with Crippen LogP contribution in [0.4, 0.5) is 4.39 Å². The van der Waals surface area contributed by atoms with E-state index in [0.29, 0.717) is 16.3 Å². The Hall–Kier alpha value is -1.62. The lowest BCUT2D eigenvalue weighted by Crippen LogP contribution is -2.30. The summed E-state index contributed by atoms with van der Waals surface area (Å²) in [6.45, 7) is 3.96. The lowest BCUT2D eigenvalue weighted by atomic mass is 9.94. The van der Waals surface area contributed by atoms with E-state index in [1.807, 2.05) is 26.0 Å². The second kappa shape index (κ2) is 6.43. The first-order valence-electron chi connectivity index (χ1n) is 6.54. The highest BCUT2D eigenvalue weighted by Crippen LogP contribution is 2.35. The van der Waals surface area contributed by atoms with E-state index in [-0.39, 0.29) is 0 Å². The van der Waals surface area contributed by atoms with Gasteiger partial charge in [0.1, 0.15) is 11.6 Å². The molecule has 2 aromatic carbocycles. The van der Waals surface area contributed by atoms with Crippen LogP contribution in [0.2, 0.25) is 5.02 Å². The third-order valence-electron chi connectivity index (χ3n) is 3.66. The number of nitrogens with two attached hydrogens (primary N) is 1. The summed E-state index contributed by atoms with van der Waals surface area (Å²) in [6, 6.07) is 7.87. The molecular formula is C16H18ClFN2O. The quantitative estimate of drug-likeness (QED) is 0.669. The van der Waals surface area contributed by atoms with Crippen LogP contribution in [0.1, 0.15) is 28.3 Å². The summed E-state index contributed by atoms with van der Waals surface area (Å²) in [5, 5.41) is 0.346. The summed E-state index contributed by atoms with van der Waals surface area (Å²) in [5.41, 5.74) is 5.96. The van der Waals surface area contributed by atoms with Gasteiger partial charge in [0, 0.05) is 16.1 Å². The standard InChI is InChI=1S/C16H18ClFN2O/c1-9-4-6-13(16(21-3)10(9)2)15(20-19)12-7-5-11(17)8-14(12)18/h4-8,15,20H,19H2,1-3H3. The maximum Gasteiger partial charge on any atom is 0.129 e. The van der Waals surface area contributed by atoms with Crippen molar-refractivity contribution >= 4 is 11.6 Å². The van der Waals surface area contributed by atoms with Crippen LogP contribution in [0.3, 0.4) is 0 Å². The van der Waals surface area contributed by atoms with E-state index in [9.17, 15) is 4.39 Å². The Morgan fingerprint density at radius 3 is 2.43 bits per heavy atom. The molecule has 112 valence electrons. The smallest absolute Gasteiger partial charge is 0.129 e. The Kier molecular flexibility index (Phi) is 4.83. The summed E-state index contributed by atoms with van der Waals surface area (Å²) >= 11 is 5.80. The third kappa shape index (κ3) is 3.02. The molecule has 2 rings (SSSR count). The number of methoxy groups -OCH3 is 1. The first-order chi connectivity index (χ1) is 9.99. The number of ether oxygens (including phenoxy) is 1. The van der Waals surface area contributed by atoms with Crippen LogP contribution >= 0.6 is 11.6 Å². The zero-order valence-corrected chi connectivity index (χ0v) is 13.0. The molecule has 0 aliphatic carbocycles. The van der Waals surface area contributed by atoms with Gasteiger partial charge >= 0.3 is 0 Å². The molecular weight excluding hydrogens is 291 g/mol. The van der Waals surface area contributed by atoms with Gasteiger partial charge in [0.15, 0.2) is 0 Å². The lowest BCUT2D eigenvalue weighted by molar-refractivity contribution is 0.400. The molecule has 21 heavy (non-hydrogen) atoms. The molecule has 0 saturated carbocycles. The number of hydrogen-bond acceptors (Lipinski definition) is 3. The van der Waals surface area contributed by atoms with Crippen molar-refractivity contribution in [3.63, 3.8) is 0 Å². The van der Waals surface area contributed by atoms with E-state index in [1.54, 1.807) is 19.2 Å². The van der Waals surface area contributed by atoms with E-state index in [4.69, 9.17) is 22.2 Å². The Morgan fingerprint density at radius 2 is 1.86 bits per heavy atom. The molecule has 0 saturated heterocycles. The van der Waals surface area contributed by atoms with E-state index in [2.05, 4.69) is 5.43 Å². The number of halogens is 2. The molecule has 1 atom stereocenters. The van der Waals surface area contributed by atoms with Crippen molar-refractivity contribution in [2.75, 3.05) is 7.11 Å². The maximum atomic E-state index is 14.2. The van der Waals surface area contributed by atoms with Crippen LogP contribution in [-0.2, 0) is 0 Å².